The number of hydrogen-bond acceptors (Lipinski definition) is 6. The Morgan fingerprint density at radius 2 is 2.03 bits per heavy atom. The molecule has 1 N–H and O–H groups in total. The number of rotatable bonds is 8. The van der Waals surface area contributed by atoms with Crippen LogP contribution in [-0.2, 0) is 11.2 Å². The van der Waals surface area contributed by atoms with Crippen LogP contribution in [0.5, 0.6) is 11.5 Å². The standard InChI is InChI=1S/C22H22BrN3O5/c1-4-20-25-17-8-7-15(23)11-16(17)21(27)26(20)24-12-14-6-9-18(19(10-14)30-5-2)31-13(3)22(28)29/h6-13H,4-5H2,1-3H3,(H,28,29)/t13-/m0/s1. The SMILES string of the molecule is CCOc1cc(C=Nn2c(CC)nc3ccc(Br)cc3c2=O)ccc1O[C@@H](C)C(=O)O. The lowest BCUT2D eigenvalue weighted by Gasteiger charge is -2.15. The van der Waals surface area contributed by atoms with Gasteiger partial charge in [-0.1, -0.05) is 22.9 Å². The first-order valence-corrected chi connectivity index (χ1v) is 10.5. The van der Waals surface area contributed by atoms with E-state index in [1.54, 1.807) is 30.3 Å². The Labute approximate surface area is 187 Å². The second-order valence-corrected chi connectivity index (χ2v) is 7.56. The molecule has 162 valence electrons. The van der Waals surface area contributed by atoms with E-state index in [1.165, 1.54) is 17.8 Å². The van der Waals surface area contributed by atoms with Crippen molar-refractivity contribution in [1.82, 2.24) is 9.66 Å². The molecule has 3 rings (SSSR count). The fourth-order valence-electron chi connectivity index (χ4n) is 2.88. The zero-order valence-corrected chi connectivity index (χ0v) is 18.9. The van der Waals surface area contributed by atoms with Crippen LogP contribution in [0.15, 0.2) is 50.8 Å². The second kappa shape index (κ2) is 9.74. The number of ether oxygens (including phenoxy) is 2. The molecule has 0 spiro atoms. The lowest BCUT2D eigenvalue weighted by Crippen LogP contribution is -2.23. The van der Waals surface area contributed by atoms with Gasteiger partial charge in [0.25, 0.3) is 5.56 Å². The number of hydrogen-bond donors (Lipinski definition) is 1. The normalized spacial score (nSPS) is 12.3. The molecule has 1 atom stereocenters. The number of nitrogens with zero attached hydrogens (tertiary/aromatic N) is 3. The van der Waals surface area contributed by atoms with Gasteiger partial charge in [0.1, 0.15) is 5.82 Å². The largest absolute Gasteiger partial charge is 0.490 e. The third kappa shape index (κ3) is 5.11. The minimum Gasteiger partial charge on any atom is -0.490 e. The molecule has 0 bridgehead atoms. The van der Waals surface area contributed by atoms with Crippen molar-refractivity contribution < 1.29 is 19.4 Å². The predicted octanol–water partition coefficient (Wildman–Crippen LogP) is 3.85. The topological polar surface area (TPSA) is 103 Å². The summed E-state index contributed by atoms with van der Waals surface area (Å²) < 4.78 is 13.1. The van der Waals surface area contributed by atoms with Crippen LogP contribution in [-0.4, -0.2) is 39.7 Å². The summed E-state index contributed by atoms with van der Waals surface area (Å²) in [6.45, 7) is 5.54. The van der Waals surface area contributed by atoms with Crippen molar-refractivity contribution in [3.63, 3.8) is 0 Å². The zero-order valence-electron chi connectivity index (χ0n) is 17.3. The van der Waals surface area contributed by atoms with Crippen LogP contribution in [0, 0.1) is 0 Å². The van der Waals surface area contributed by atoms with Crippen molar-refractivity contribution in [3.8, 4) is 11.5 Å². The lowest BCUT2D eigenvalue weighted by molar-refractivity contribution is -0.144. The molecule has 0 amide bonds. The third-order valence-electron chi connectivity index (χ3n) is 4.43. The highest BCUT2D eigenvalue weighted by atomic mass is 79.9. The van der Waals surface area contributed by atoms with E-state index < -0.39 is 12.1 Å². The molecule has 0 aliphatic heterocycles. The number of fused-ring (bicyclic) bond motifs is 1. The Bertz CT molecular complexity index is 1210. The maximum atomic E-state index is 13.0. The van der Waals surface area contributed by atoms with Crippen molar-refractivity contribution in [2.24, 2.45) is 5.10 Å². The van der Waals surface area contributed by atoms with Crippen LogP contribution in [0.3, 0.4) is 0 Å². The third-order valence-corrected chi connectivity index (χ3v) is 4.93. The number of carboxylic acids is 1. The van der Waals surface area contributed by atoms with E-state index in [-0.39, 0.29) is 5.56 Å². The van der Waals surface area contributed by atoms with E-state index in [0.29, 0.717) is 46.8 Å². The quantitative estimate of drug-likeness (QED) is 0.484. The molecular formula is C22H22BrN3O5. The summed E-state index contributed by atoms with van der Waals surface area (Å²) in [5.74, 6) is 0.173. The van der Waals surface area contributed by atoms with E-state index >= 15 is 0 Å². The van der Waals surface area contributed by atoms with Crippen molar-refractivity contribution in [2.45, 2.75) is 33.3 Å². The summed E-state index contributed by atoms with van der Waals surface area (Å²) >= 11 is 3.38. The van der Waals surface area contributed by atoms with Gasteiger partial charge in [0.05, 0.1) is 23.7 Å². The Hall–Kier alpha value is -3.20. The van der Waals surface area contributed by atoms with Gasteiger partial charge in [-0.25, -0.2) is 9.78 Å². The minimum atomic E-state index is -1.07. The van der Waals surface area contributed by atoms with Gasteiger partial charge in [-0.05, 0) is 55.8 Å². The van der Waals surface area contributed by atoms with Crippen molar-refractivity contribution in [2.75, 3.05) is 6.61 Å². The van der Waals surface area contributed by atoms with Crippen LogP contribution in [0.1, 0.15) is 32.2 Å². The van der Waals surface area contributed by atoms with Gasteiger partial charge in [0.15, 0.2) is 17.6 Å². The van der Waals surface area contributed by atoms with Crippen LogP contribution in [0.4, 0.5) is 0 Å². The first-order chi connectivity index (χ1) is 14.8. The van der Waals surface area contributed by atoms with E-state index in [9.17, 15) is 9.59 Å². The van der Waals surface area contributed by atoms with Gasteiger partial charge in [0, 0.05) is 10.9 Å². The fourth-order valence-corrected chi connectivity index (χ4v) is 3.24. The molecule has 0 aliphatic rings. The maximum Gasteiger partial charge on any atom is 0.344 e. The minimum absolute atomic E-state index is 0.264. The average molecular weight is 488 g/mol. The summed E-state index contributed by atoms with van der Waals surface area (Å²) in [6, 6.07) is 10.4. The number of halogens is 1. The zero-order chi connectivity index (χ0) is 22.5. The van der Waals surface area contributed by atoms with Crippen LogP contribution >= 0.6 is 15.9 Å². The van der Waals surface area contributed by atoms with Crippen molar-refractivity contribution in [1.29, 1.82) is 0 Å². The van der Waals surface area contributed by atoms with Crippen LogP contribution in [0.2, 0.25) is 0 Å². The first-order valence-electron chi connectivity index (χ1n) is 9.75. The van der Waals surface area contributed by atoms with Crippen LogP contribution in [0.25, 0.3) is 10.9 Å². The summed E-state index contributed by atoms with van der Waals surface area (Å²) in [5.41, 5.74) is 1.01. The monoisotopic (exact) mass is 487 g/mol. The van der Waals surface area contributed by atoms with E-state index in [2.05, 4.69) is 26.0 Å². The molecule has 0 saturated carbocycles. The molecule has 0 aliphatic carbocycles. The number of carboxylic acid groups (broad SMARTS) is 1. The Balaban J connectivity index is 2.00. The van der Waals surface area contributed by atoms with Crippen LogP contribution < -0.4 is 15.0 Å². The molecule has 1 heterocycles. The Morgan fingerprint density at radius 3 is 2.71 bits per heavy atom. The molecule has 31 heavy (non-hydrogen) atoms. The molecular weight excluding hydrogens is 466 g/mol. The van der Waals surface area contributed by atoms with Gasteiger partial charge in [-0.15, -0.1) is 0 Å². The number of benzene rings is 2. The molecule has 1 aromatic heterocycles. The highest BCUT2D eigenvalue weighted by Crippen LogP contribution is 2.29. The van der Waals surface area contributed by atoms with Gasteiger partial charge >= 0.3 is 5.97 Å². The Morgan fingerprint density at radius 1 is 1.26 bits per heavy atom. The van der Waals surface area contributed by atoms with Crippen molar-refractivity contribution >= 4 is 39.0 Å². The molecule has 3 aromatic rings. The van der Waals surface area contributed by atoms with Gasteiger partial charge in [-0.2, -0.15) is 9.78 Å². The predicted molar refractivity (Wildman–Crippen MR) is 121 cm³/mol. The molecule has 0 saturated heterocycles. The highest BCUT2D eigenvalue weighted by Gasteiger charge is 2.16. The van der Waals surface area contributed by atoms with E-state index in [0.717, 1.165) is 4.47 Å². The summed E-state index contributed by atoms with van der Waals surface area (Å²) in [6.07, 6.45) is 1.04. The number of aliphatic carboxylic acids is 1. The lowest BCUT2D eigenvalue weighted by atomic mass is 10.2. The van der Waals surface area contributed by atoms with E-state index in [1.807, 2.05) is 19.9 Å². The van der Waals surface area contributed by atoms with Crippen molar-refractivity contribution in [3.05, 3.63) is 62.6 Å². The van der Waals surface area contributed by atoms with Gasteiger partial charge in [0.2, 0.25) is 0 Å². The molecule has 0 radical (unpaired) electrons. The second-order valence-electron chi connectivity index (χ2n) is 6.64. The van der Waals surface area contributed by atoms with Gasteiger partial charge < -0.3 is 14.6 Å². The summed E-state index contributed by atoms with van der Waals surface area (Å²) in [5, 5.41) is 13.9. The highest BCUT2D eigenvalue weighted by molar-refractivity contribution is 9.10. The molecule has 0 fully saturated rings. The first kappa shape index (κ1) is 22.5. The summed E-state index contributed by atoms with van der Waals surface area (Å²) in [7, 11) is 0. The Kier molecular flexibility index (Phi) is 7.06. The van der Waals surface area contributed by atoms with Gasteiger partial charge in [-0.3, -0.25) is 4.79 Å². The molecule has 0 unspecified atom stereocenters. The number of carbonyl (C=O) groups is 1. The molecule has 2 aromatic carbocycles. The fraction of sp³-hybridized carbons (Fsp3) is 0.273. The molecule has 9 heteroatoms. The smallest absolute Gasteiger partial charge is 0.344 e. The average Bonchev–Trinajstić information content (AvgIpc) is 2.75. The summed E-state index contributed by atoms with van der Waals surface area (Å²) in [4.78, 5) is 28.6. The maximum absolute atomic E-state index is 13.0. The number of aromatic nitrogens is 2. The molecule has 8 nitrogen and oxygen atoms in total. The number of aryl methyl sites for hydroxylation is 1. The van der Waals surface area contributed by atoms with E-state index in [4.69, 9.17) is 14.6 Å².